The van der Waals surface area contributed by atoms with Gasteiger partial charge in [-0.15, -0.1) is 0 Å². The maximum atomic E-state index is 14.0. The van der Waals surface area contributed by atoms with E-state index in [2.05, 4.69) is 0 Å². The quantitative estimate of drug-likeness (QED) is 0.585. The van der Waals surface area contributed by atoms with E-state index in [0.717, 1.165) is 11.0 Å². The third kappa shape index (κ3) is 2.82. The summed E-state index contributed by atoms with van der Waals surface area (Å²) in [6.45, 7) is 0.0380. The molecule has 1 unspecified atom stereocenters. The fraction of sp³-hybridized carbons (Fsp3) is 0.158. The number of nitrogens with zero attached hydrogens (tertiary/aromatic N) is 3. The summed E-state index contributed by atoms with van der Waals surface area (Å²) in [6.07, 6.45) is -0.126. The number of amides is 5. The summed E-state index contributed by atoms with van der Waals surface area (Å²) >= 11 is 5.85. The highest BCUT2D eigenvalue weighted by Gasteiger charge is 2.51. The van der Waals surface area contributed by atoms with Gasteiger partial charge in [0.15, 0.2) is 0 Å². The zero-order valence-corrected chi connectivity index (χ0v) is 15.1. The number of hydrogen-bond donors (Lipinski definition) is 0. The highest BCUT2D eigenvalue weighted by molar-refractivity contribution is 6.53. The van der Waals surface area contributed by atoms with Gasteiger partial charge in [-0.3, -0.25) is 14.4 Å². The number of anilines is 2. The molecule has 28 heavy (non-hydrogen) atoms. The van der Waals surface area contributed by atoms with Crippen LogP contribution in [-0.4, -0.2) is 41.2 Å². The smallest absolute Gasteiger partial charge is 0.310 e. The van der Waals surface area contributed by atoms with Crippen molar-refractivity contribution in [3.8, 4) is 0 Å². The van der Waals surface area contributed by atoms with Crippen LogP contribution in [0.4, 0.5) is 20.6 Å². The predicted molar refractivity (Wildman–Crippen MR) is 98.3 cm³/mol. The van der Waals surface area contributed by atoms with E-state index in [-0.39, 0.29) is 24.6 Å². The molecule has 2 aromatic rings. The van der Waals surface area contributed by atoms with E-state index < -0.39 is 29.7 Å². The lowest BCUT2D eigenvalue weighted by Gasteiger charge is -2.22. The number of hydrogen-bond acceptors (Lipinski definition) is 4. The van der Waals surface area contributed by atoms with Crippen LogP contribution in [-0.2, 0) is 14.4 Å². The zero-order chi connectivity index (χ0) is 20.0. The first-order valence-corrected chi connectivity index (χ1v) is 8.78. The standard InChI is InChI=1S/C19H13ClFN3O4/c20-11-5-7-12(8-6-11)22-10-13(9-16(22)25)23-17(26)18(27)24(19(23)28)15-4-2-1-3-14(15)21/h1-8,13H,9-10H2. The van der Waals surface area contributed by atoms with Gasteiger partial charge in [0.25, 0.3) is 0 Å². The molecule has 7 nitrogen and oxygen atoms in total. The van der Waals surface area contributed by atoms with Gasteiger partial charge in [0.05, 0.1) is 11.7 Å². The topological polar surface area (TPSA) is 78.0 Å². The number of halogens is 2. The van der Waals surface area contributed by atoms with Gasteiger partial charge in [-0.05, 0) is 36.4 Å². The SMILES string of the molecule is O=C1CC(N2C(=O)C(=O)N(c3ccccc3F)C2=O)CN1c1ccc(Cl)cc1. The summed E-state index contributed by atoms with van der Waals surface area (Å²) in [4.78, 5) is 52.6. The molecule has 142 valence electrons. The number of carbonyl (C=O) groups is 4. The van der Waals surface area contributed by atoms with Crippen LogP contribution in [0, 0.1) is 5.82 Å². The monoisotopic (exact) mass is 401 g/mol. The Labute approximate surface area is 163 Å². The number of imide groups is 2. The second-order valence-electron chi connectivity index (χ2n) is 6.39. The Hall–Kier alpha value is -3.26. The molecule has 0 N–H and O–H groups in total. The van der Waals surface area contributed by atoms with Crippen molar-refractivity contribution in [1.82, 2.24) is 4.90 Å². The van der Waals surface area contributed by atoms with Crippen molar-refractivity contribution in [3.63, 3.8) is 0 Å². The zero-order valence-electron chi connectivity index (χ0n) is 14.3. The van der Waals surface area contributed by atoms with Crippen LogP contribution in [0.1, 0.15) is 6.42 Å². The van der Waals surface area contributed by atoms with E-state index >= 15 is 0 Å². The second-order valence-corrected chi connectivity index (χ2v) is 6.82. The van der Waals surface area contributed by atoms with Crippen LogP contribution in [0.15, 0.2) is 48.5 Å². The van der Waals surface area contributed by atoms with Gasteiger partial charge >= 0.3 is 17.8 Å². The molecule has 9 heteroatoms. The van der Waals surface area contributed by atoms with Crippen LogP contribution in [0.5, 0.6) is 0 Å². The van der Waals surface area contributed by atoms with Crippen molar-refractivity contribution in [2.75, 3.05) is 16.3 Å². The Balaban J connectivity index is 1.61. The average molecular weight is 402 g/mol. The molecule has 0 aliphatic carbocycles. The maximum absolute atomic E-state index is 14.0. The summed E-state index contributed by atoms with van der Waals surface area (Å²) in [5, 5.41) is 0.503. The summed E-state index contributed by atoms with van der Waals surface area (Å²) in [6, 6.07) is 9.92. The number of urea groups is 1. The van der Waals surface area contributed by atoms with Gasteiger partial charge in [-0.1, -0.05) is 23.7 Å². The fourth-order valence-electron chi connectivity index (χ4n) is 3.38. The fourth-order valence-corrected chi connectivity index (χ4v) is 3.51. The molecular formula is C19H13ClFN3O4. The van der Waals surface area contributed by atoms with Crippen LogP contribution in [0.2, 0.25) is 5.02 Å². The largest absolute Gasteiger partial charge is 0.339 e. The molecule has 2 aromatic carbocycles. The Bertz CT molecular complexity index is 1010. The van der Waals surface area contributed by atoms with Gasteiger partial charge < -0.3 is 4.90 Å². The first kappa shape index (κ1) is 18.1. The van der Waals surface area contributed by atoms with Crippen molar-refractivity contribution in [3.05, 3.63) is 59.4 Å². The predicted octanol–water partition coefficient (Wildman–Crippen LogP) is 2.58. The first-order chi connectivity index (χ1) is 13.4. The van der Waals surface area contributed by atoms with Crippen molar-refractivity contribution >= 4 is 46.7 Å². The molecule has 2 saturated heterocycles. The van der Waals surface area contributed by atoms with Crippen molar-refractivity contribution in [2.24, 2.45) is 0 Å². The highest BCUT2D eigenvalue weighted by Crippen LogP contribution is 2.31. The van der Waals surface area contributed by atoms with Gasteiger partial charge in [0, 0.05) is 23.7 Å². The molecule has 0 saturated carbocycles. The number of para-hydroxylation sites is 1. The first-order valence-electron chi connectivity index (χ1n) is 8.40. The van der Waals surface area contributed by atoms with E-state index in [9.17, 15) is 23.6 Å². The van der Waals surface area contributed by atoms with E-state index in [1.165, 1.54) is 23.1 Å². The number of rotatable bonds is 3. The Morgan fingerprint density at radius 1 is 0.929 bits per heavy atom. The van der Waals surface area contributed by atoms with Crippen LogP contribution in [0.25, 0.3) is 0 Å². The van der Waals surface area contributed by atoms with Crippen molar-refractivity contribution < 1.29 is 23.6 Å². The third-order valence-electron chi connectivity index (χ3n) is 4.70. The molecule has 0 bridgehead atoms. The van der Waals surface area contributed by atoms with E-state index in [1.807, 2.05) is 0 Å². The molecule has 0 radical (unpaired) electrons. The second kappa shape index (κ2) is 6.72. The summed E-state index contributed by atoms with van der Waals surface area (Å²) in [5.41, 5.74) is 0.264. The molecule has 4 rings (SSSR count). The van der Waals surface area contributed by atoms with Gasteiger partial charge in [0.2, 0.25) is 5.91 Å². The van der Waals surface area contributed by atoms with Crippen LogP contribution >= 0.6 is 11.6 Å². The third-order valence-corrected chi connectivity index (χ3v) is 4.96. The van der Waals surface area contributed by atoms with E-state index in [4.69, 9.17) is 11.6 Å². The van der Waals surface area contributed by atoms with Crippen LogP contribution < -0.4 is 9.80 Å². The Morgan fingerprint density at radius 2 is 1.61 bits per heavy atom. The van der Waals surface area contributed by atoms with E-state index in [0.29, 0.717) is 15.6 Å². The van der Waals surface area contributed by atoms with Gasteiger partial charge in [-0.25, -0.2) is 19.0 Å². The molecule has 2 fully saturated rings. The average Bonchev–Trinajstić information content (AvgIpc) is 3.14. The van der Waals surface area contributed by atoms with Crippen molar-refractivity contribution in [1.29, 1.82) is 0 Å². The van der Waals surface area contributed by atoms with Gasteiger partial charge in [-0.2, -0.15) is 0 Å². The molecule has 2 aliphatic rings. The minimum Gasteiger partial charge on any atom is -0.310 e. The van der Waals surface area contributed by atoms with Gasteiger partial charge in [0.1, 0.15) is 5.82 Å². The highest BCUT2D eigenvalue weighted by atomic mass is 35.5. The minimum atomic E-state index is -1.15. The molecule has 0 aromatic heterocycles. The molecule has 2 aliphatic heterocycles. The minimum absolute atomic E-state index is 0.0380. The number of carbonyl (C=O) groups excluding carboxylic acids is 4. The lowest BCUT2D eigenvalue weighted by molar-refractivity contribution is -0.140. The summed E-state index contributed by atoms with van der Waals surface area (Å²) in [7, 11) is 0. The lowest BCUT2D eigenvalue weighted by Crippen LogP contribution is -2.43. The summed E-state index contributed by atoms with van der Waals surface area (Å²) in [5.74, 6) is -3.33. The maximum Gasteiger partial charge on any atom is 0.339 e. The Morgan fingerprint density at radius 3 is 2.29 bits per heavy atom. The molecule has 1 atom stereocenters. The van der Waals surface area contributed by atoms with Crippen molar-refractivity contribution in [2.45, 2.75) is 12.5 Å². The van der Waals surface area contributed by atoms with E-state index in [1.54, 1.807) is 24.3 Å². The van der Waals surface area contributed by atoms with Crippen LogP contribution in [0.3, 0.4) is 0 Å². The normalized spacial score (nSPS) is 19.9. The Kier molecular flexibility index (Phi) is 4.35. The molecule has 5 amide bonds. The molecular weight excluding hydrogens is 389 g/mol. The molecule has 2 heterocycles. The number of benzene rings is 2. The molecule has 0 spiro atoms. The summed E-state index contributed by atoms with van der Waals surface area (Å²) < 4.78 is 14.0. The lowest BCUT2D eigenvalue weighted by atomic mass is 10.2.